The lowest BCUT2D eigenvalue weighted by atomic mass is 9.84. The van der Waals surface area contributed by atoms with E-state index in [0.717, 1.165) is 47.5 Å². The molecule has 4 rings (SSSR count). The van der Waals surface area contributed by atoms with Crippen LogP contribution < -0.4 is 4.74 Å². The molecule has 2 aromatic carbocycles. The molecule has 36 heavy (non-hydrogen) atoms. The fraction of sp³-hybridized carbons (Fsp3) is 0.217. The van der Waals surface area contributed by atoms with E-state index >= 15 is 8.78 Å². The van der Waals surface area contributed by atoms with Crippen LogP contribution in [0.4, 0.5) is 26.3 Å². The molecule has 0 saturated carbocycles. The second-order valence-electron chi connectivity index (χ2n) is 7.93. The SMILES string of the molecule is Cc1ccc(C(O)(Cn2cnnn2)C(F)(F)c2ccc(-c3ccc(OC(F)(F)F)cc3)cn2)c(F)c1. The maximum Gasteiger partial charge on any atom is 0.573 e. The summed E-state index contributed by atoms with van der Waals surface area (Å²) in [6.45, 7) is 0.671. The summed E-state index contributed by atoms with van der Waals surface area (Å²) >= 11 is 0. The molecular weight excluding hydrogens is 492 g/mol. The maximum absolute atomic E-state index is 15.8. The van der Waals surface area contributed by atoms with Gasteiger partial charge in [0, 0.05) is 17.3 Å². The Hall–Kier alpha value is -4.00. The van der Waals surface area contributed by atoms with Crippen molar-refractivity contribution in [3.8, 4) is 16.9 Å². The Morgan fingerprint density at radius 2 is 1.64 bits per heavy atom. The van der Waals surface area contributed by atoms with Crippen LogP contribution in [0.15, 0.2) is 67.1 Å². The number of aryl methyl sites for hydroxylation is 1. The highest BCUT2D eigenvalue weighted by Crippen LogP contribution is 2.47. The van der Waals surface area contributed by atoms with Crippen molar-refractivity contribution in [2.24, 2.45) is 0 Å². The van der Waals surface area contributed by atoms with Gasteiger partial charge in [0.15, 0.2) is 5.60 Å². The van der Waals surface area contributed by atoms with Gasteiger partial charge < -0.3 is 9.84 Å². The molecule has 0 aliphatic rings. The normalized spacial score (nSPS) is 13.9. The van der Waals surface area contributed by atoms with Crippen LogP contribution in [-0.4, -0.2) is 36.7 Å². The van der Waals surface area contributed by atoms with Crippen molar-refractivity contribution in [3.63, 3.8) is 0 Å². The smallest absolute Gasteiger partial charge is 0.406 e. The van der Waals surface area contributed by atoms with Gasteiger partial charge in [-0.05, 0) is 52.7 Å². The number of aliphatic hydroxyl groups is 1. The molecule has 2 heterocycles. The summed E-state index contributed by atoms with van der Waals surface area (Å²) in [6, 6.07) is 10.4. The summed E-state index contributed by atoms with van der Waals surface area (Å²) in [4.78, 5) is 3.77. The third-order valence-electron chi connectivity index (χ3n) is 5.38. The average molecular weight is 509 g/mol. The Kier molecular flexibility index (Phi) is 6.43. The van der Waals surface area contributed by atoms with Crippen molar-refractivity contribution in [2.45, 2.75) is 31.4 Å². The number of alkyl halides is 5. The number of pyridine rings is 1. The van der Waals surface area contributed by atoms with Gasteiger partial charge in [-0.15, -0.1) is 18.3 Å². The third-order valence-corrected chi connectivity index (χ3v) is 5.38. The van der Waals surface area contributed by atoms with E-state index in [1.165, 1.54) is 24.3 Å². The Labute approximate surface area is 200 Å². The number of hydrogen-bond donors (Lipinski definition) is 1. The molecule has 13 heteroatoms. The van der Waals surface area contributed by atoms with Crippen LogP contribution in [0, 0.1) is 12.7 Å². The zero-order chi connectivity index (χ0) is 26.1. The molecule has 0 saturated heterocycles. The van der Waals surface area contributed by atoms with Crippen molar-refractivity contribution in [1.82, 2.24) is 25.2 Å². The lowest BCUT2D eigenvalue weighted by molar-refractivity contribution is -0.274. The maximum atomic E-state index is 15.8. The molecule has 1 N–H and O–H groups in total. The molecule has 0 fully saturated rings. The molecule has 0 spiro atoms. The number of tetrazole rings is 1. The third kappa shape index (κ3) is 5.00. The van der Waals surface area contributed by atoms with Crippen molar-refractivity contribution < 1.29 is 36.2 Å². The van der Waals surface area contributed by atoms with E-state index < -0.39 is 47.3 Å². The van der Waals surface area contributed by atoms with Gasteiger partial charge in [0.2, 0.25) is 0 Å². The monoisotopic (exact) mass is 509 g/mol. The van der Waals surface area contributed by atoms with Gasteiger partial charge in [-0.1, -0.05) is 30.3 Å². The van der Waals surface area contributed by atoms with E-state index in [1.807, 2.05) is 0 Å². The molecule has 0 amide bonds. The molecule has 1 atom stereocenters. The Morgan fingerprint density at radius 3 is 2.19 bits per heavy atom. The summed E-state index contributed by atoms with van der Waals surface area (Å²) in [5.41, 5.74) is -3.55. The highest BCUT2D eigenvalue weighted by Gasteiger charge is 2.57. The number of ether oxygens (including phenoxy) is 1. The molecule has 1 unspecified atom stereocenters. The molecule has 4 aromatic rings. The highest BCUT2D eigenvalue weighted by atomic mass is 19.4. The van der Waals surface area contributed by atoms with Gasteiger partial charge in [-0.2, -0.15) is 8.78 Å². The fourth-order valence-corrected chi connectivity index (χ4v) is 3.61. The van der Waals surface area contributed by atoms with E-state index in [1.54, 1.807) is 6.92 Å². The minimum Gasteiger partial charge on any atom is -0.406 e. The molecule has 2 aromatic heterocycles. The summed E-state index contributed by atoms with van der Waals surface area (Å²) in [5, 5.41) is 21.5. The van der Waals surface area contributed by atoms with E-state index in [2.05, 4.69) is 25.2 Å². The van der Waals surface area contributed by atoms with Crippen LogP contribution in [0.2, 0.25) is 0 Å². The van der Waals surface area contributed by atoms with E-state index in [0.29, 0.717) is 16.7 Å². The van der Waals surface area contributed by atoms with Crippen LogP contribution in [0.1, 0.15) is 16.8 Å². The Morgan fingerprint density at radius 1 is 0.944 bits per heavy atom. The zero-order valence-corrected chi connectivity index (χ0v) is 18.4. The quantitative estimate of drug-likeness (QED) is 0.362. The predicted molar refractivity (Wildman–Crippen MR) is 113 cm³/mol. The standard InChI is InChI=1S/C23H17F6N5O2/c1-14-2-8-18(19(24)10-14)21(35,12-34-13-31-32-33-34)22(25,26)20-9-5-16(11-30-20)15-3-6-17(7-4-15)36-23(27,28)29/h2-11,13,35H,12H2,1H3. The van der Waals surface area contributed by atoms with E-state index in [4.69, 9.17) is 0 Å². The minimum atomic E-state index is -4.85. The van der Waals surface area contributed by atoms with Crippen LogP contribution in [0.25, 0.3) is 11.1 Å². The highest BCUT2D eigenvalue weighted by molar-refractivity contribution is 5.63. The van der Waals surface area contributed by atoms with Gasteiger partial charge in [-0.25, -0.2) is 9.07 Å². The summed E-state index contributed by atoms with van der Waals surface area (Å²) in [6.07, 6.45) is -2.80. The van der Waals surface area contributed by atoms with Gasteiger partial charge in [0.1, 0.15) is 23.6 Å². The van der Waals surface area contributed by atoms with Gasteiger partial charge in [-0.3, -0.25) is 4.98 Å². The molecule has 0 radical (unpaired) electrons. The van der Waals surface area contributed by atoms with Crippen LogP contribution in [-0.2, 0) is 18.1 Å². The number of hydrogen-bond acceptors (Lipinski definition) is 6. The van der Waals surface area contributed by atoms with Crippen molar-refractivity contribution in [3.05, 3.63) is 89.8 Å². The average Bonchev–Trinajstić information content (AvgIpc) is 3.31. The lowest BCUT2D eigenvalue weighted by Crippen LogP contribution is -2.48. The van der Waals surface area contributed by atoms with Crippen molar-refractivity contribution in [2.75, 3.05) is 0 Å². The number of rotatable bonds is 7. The number of halogens is 6. The summed E-state index contributed by atoms with van der Waals surface area (Å²) in [7, 11) is 0. The summed E-state index contributed by atoms with van der Waals surface area (Å²) < 4.78 is 88.1. The fourth-order valence-electron chi connectivity index (χ4n) is 3.61. The first-order valence-electron chi connectivity index (χ1n) is 10.3. The van der Waals surface area contributed by atoms with Crippen molar-refractivity contribution in [1.29, 1.82) is 0 Å². The largest absolute Gasteiger partial charge is 0.573 e. The van der Waals surface area contributed by atoms with Gasteiger partial charge in [0.25, 0.3) is 0 Å². The second-order valence-corrected chi connectivity index (χ2v) is 7.93. The molecule has 188 valence electrons. The van der Waals surface area contributed by atoms with E-state index in [-0.39, 0.29) is 0 Å². The first-order valence-corrected chi connectivity index (χ1v) is 10.3. The van der Waals surface area contributed by atoms with Crippen LogP contribution in [0.3, 0.4) is 0 Å². The molecular formula is C23H17F6N5O2. The Balaban J connectivity index is 1.69. The number of aromatic nitrogens is 5. The van der Waals surface area contributed by atoms with Crippen molar-refractivity contribution >= 4 is 0 Å². The van der Waals surface area contributed by atoms with Gasteiger partial charge in [0.05, 0.1) is 6.54 Å². The Bertz CT molecular complexity index is 1330. The topological polar surface area (TPSA) is 86.0 Å². The van der Waals surface area contributed by atoms with E-state index in [9.17, 15) is 22.7 Å². The first-order chi connectivity index (χ1) is 16.9. The predicted octanol–water partition coefficient (Wildman–Crippen LogP) is 4.76. The summed E-state index contributed by atoms with van der Waals surface area (Å²) in [5.74, 6) is -5.63. The molecule has 0 aliphatic heterocycles. The zero-order valence-electron chi connectivity index (χ0n) is 18.4. The van der Waals surface area contributed by atoms with Gasteiger partial charge >= 0.3 is 12.3 Å². The second kappa shape index (κ2) is 9.22. The molecule has 7 nitrogen and oxygen atoms in total. The number of benzene rings is 2. The molecule has 0 aliphatic carbocycles. The van der Waals surface area contributed by atoms with Crippen LogP contribution in [0.5, 0.6) is 5.75 Å². The molecule has 0 bridgehead atoms. The number of nitrogens with zero attached hydrogens (tertiary/aromatic N) is 5. The first kappa shape index (κ1) is 25.1. The minimum absolute atomic E-state index is 0.304. The lowest BCUT2D eigenvalue weighted by Gasteiger charge is -2.35. The van der Waals surface area contributed by atoms with Crippen LogP contribution >= 0.6 is 0 Å².